The van der Waals surface area contributed by atoms with Crippen molar-refractivity contribution in [2.24, 2.45) is 0 Å². The predicted molar refractivity (Wildman–Crippen MR) is 38.7 cm³/mol. The van der Waals surface area contributed by atoms with Crippen LogP contribution >= 0.6 is 0 Å². The molecule has 0 atom stereocenters. The third-order valence-corrected chi connectivity index (χ3v) is 0.903. The molecule has 1 aliphatic rings. The van der Waals surface area contributed by atoms with E-state index in [9.17, 15) is 4.79 Å². The van der Waals surface area contributed by atoms with Crippen LogP contribution in [0.3, 0.4) is 0 Å². The van der Waals surface area contributed by atoms with Crippen LogP contribution in [0.5, 0.6) is 0 Å². The van der Waals surface area contributed by atoms with Gasteiger partial charge in [-0.2, -0.15) is 0 Å². The zero-order valence-electron chi connectivity index (χ0n) is 6.33. The van der Waals surface area contributed by atoms with E-state index in [1.165, 1.54) is 0 Å². The Balaban J connectivity index is 0. The number of nitrogens with one attached hydrogen (secondary N) is 1. The molecule has 3 N–H and O–H groups in total. The van der Waals surface area contributed by atoms with E-state index >= 15 is 0 Å². The number of carbonyl (C=O) groups is 2. The minimum Gasteiger partial charge on any atom is -0.450 e. The zero-order chi connectivity index (χ0) is 7.98. The quantitative estimate of drug-likeness (QED) is 0.437. The third-order valence-electron chi connectivity index (χ3n) is 0.903. The van der Waals surface area contributed by atoms with Crippen LogP contribution in [-0.2, 0) is 4.79 Å². The molecular formula is C5H9NNaO4. The van der Waals surface area contributed by atoms with E-state index in [1.807, 2.05) is 0 Å². The van der Waals surface area contributed by atoms with Crippen LogP contribution in [0.25, 0.3) is 0 Å². The molecule has 0 saturated carbocycles. The van der Waals surface area contributed by atoms with E-state index < -0.39 is 6.16 Å². The van der Waals surface area contributed by atoms with Crippen LogP contribution < -0.4 is 5.32 Å². The summed E-state index contributed by atoms with van der Waals surface area (Å²) in [4.78, 5) is 18.7. The fourth-order valence-corrected chi connectivity index (χ4v) is 0.565. The maximum Gasteiger partial charge on any atom is 0.503 e. The first-order chi connectivity index (χ1) is 4.63. The summed E-state index contributed by atoms with van der Waals surface area (Å²) in [6, 6.07) is 0. The number of carbonyl (C=O) groups excluding carboxylic acids is 1. The van der Waals surface area contributed by atoms with Gasteiger partial charge in [-0.1, -0.05) is 0 Å². The number of amides is 1. The molecule has 0 aromatic rings. The second kappa shape index (κ2) is 7.84. The summed E-state index contributed by atoms with van der Waals surface area (Å²) >= 11 is 0. The van der Waals surface area contributed by atoms with Crippen molar-refractivity contribution in [1.82, 2.24) is 5.32 Å². The van der Waals surface area contributed by atoms with E-state index in [2.05, 4.69) is 5.32 Å². The van der Waals surface area contributed by atoms with Crippen LogP contribution in [0.15, 0.2) is 0 Å². The summed E-state index contributed by atoms with van der Waals surface area (Å²) in [5, 5.41) is 16.6. The van der Waals surface area contributed by atoms with Crippen molar-refractivity contribution in [3.63, 3.8) is 0 Å². The second-order valence-corrected chi connectivity index (χ2v) is 1.74. The Morgan fingerprint density at radius 2 is 1.91 bits per heavy atom. The topological polar surface area (TPSA) is 86.6 Å². The smallest absolute Gasteiger partial charge is 0.450 e. The van der Waals surface area contributed by atoms with Crippen LogP contribution in [0.1, 0.15) is 12.8 Å². The van der Waals surface area contributed by atoms with Crippen molar-refractivity contribution >= 4 is 41.6 Å². The van der Waals surface area contributed by atoms with Gasteiger partial charge in [-0.25, -0.2) is 4.79 Å². The Morgan fingerprint density at radius 1 is 1.45 bits per heavy atom. The fraction of sp³-hybridized carbons (Fsp3) is 0.600. The molecule has 1 amide bonds. The molecule has 0 aromatic carbocycles. The van der Waals surface area contributed by atoms with Crippen molar-refractivity contribution in [3.8, 4) is 0 Å². The molecule has 1 rings (SSSR count). The van der Waals surface area contributed by atoms with Gasteiger partial charge in [0, 0.05) is 42.5 Å². The molecule has 0 unspecified atom stereocenters. The summed E-state index contributed by atoms with van der Waals surface area (Å²) in [5.41, 5.74) is 0. The van der Waals surface area contributed by atoms with E-state index in [4.69, 9.17) is 15.0 Å². The monoisotopic (exact) mass is 170 g/mol. The molecule has 5 nitrogen and oxygen atoms in total. The summed E-state index contributed by atoms with van der Waals surface area (Å²) in [6.45, 7) is 0.888. The van der Waals surface area contributed by atoms with Gasteiger partial charge in [0.2, 0.25) is 5.91 Å². The number of hydrogen-bond donors (Lipinski definition) is 3. The molecule has 0 bridgehead atoms. The van der Waals surface area contributed by atoms with Gasteiger partial charge in [-0.15, -0.1) is 0 Å². The Bertz CT molecular complexity index is 126. The number of rotatable bonds is 0. The SMILES string of the molecule is O=C(O)O.O=C1CCCN1.[Na]. The average molecular weight is 170 g/mol. The zero-order valence-corrected chi connectivity index (χ0v) is 8.33. The molecule has 0 aliphatic carbocycles. The van der Waals surface area contributed by atoms with Crippen LogP contribution in [-0.4, -0.2) is 58.4 Å². The van der Waals surface area contributed by atoms with Crippen LogP contribution in [0.4, 0.5) is 4.79 Å². The van der Waals surface area contributed by atoms with E-state index in [-0.39, 0.29) is 35.5 Å². The van der Waals surface area contributed by atoms with Crippen LogP contribution in [0, 0.1) is 0 Å². The Kier molecular flexibility index (Phi) is 9.51. The van der Waals surface area contributed by atoms with Crippen molar-refractivity contribution in [2.75, 3.05) is 6.54 Å². The number of carboxylic acid groups (broad SMARTS) is 2. The molecule has 6 heteroatoms. The maximum atomic E-state index is 10.1. The van der Waals surface area contributed by atoms with E-state index in [0.29, 0.717) is 0 Å². The van der Waals surface area contributed by atoms with Gasteiger partial charge in [0.05, 0.1) is 0 Å². The molecule has 1 radical (unpaired) electrons. The summed E-state index contributed by atoms with van der Waals surface area (Å²) < 4.78 is 0. The fourth-order valence-electron chi connectivity index (χ4n) is 0.565. The Morgan fingerprint density at radius 3 is 2.00 bits per heavy atom. The molecule has 1 fully saturated rings. The van der Waals surface area contributed by atoms with Gasteiger partial charge < -0.3 is 15.5 Å². The van der Waals surface area contributed by atoms with Gasteiger partial charge in [0.25, 0.3) is 0 Å². The first-order valence-electron chi connectivity index (χ1n) is 2.81. The number of hydrogen-bond acceptors (Lipinski definition) is 2. The predicted octanol–water partition coefficient (Wildman–Crippen LogP) is -0.262. The normalized spacial score (nSPS) is 13.6. The summed E-state index contributed by atoms with van der Waals surface area (Å²) in [7, 11) is 0. The average Bonchev–Trinajstić information content (AvgIpc) is 2.15. The minimum atomic E-state index is -1.83. The second-order valence-electron chi connectivity index (χ2n) is 1.74. The van der Waals surface area contributed by atoms with Crippen molar-refractivity contribution in [1.29, 1.82) is 0 Å². The van der Waals surface area contributed by atoms with Crippen LogP contribution in [0.2, 0.25) is 0 Å². The standard InChI is InChI=1S/C4H7NO.CH2O3.Na/c6-4-2-1-3-5-4;2-1(3)4;/h1-3H2,(H,5,6);(H2,2,3,4);. The van der Waals surface area contributed by atoms with Crippen molar-refractivity contribution in [3.05, 3.63) is 0 Å². The summed E-state index contributed by atoms with van der Waals surface area (Å²) in [5.74, 6) is 0.204. The maximum absolute atomic E-state index is 10.1. The van der Waals surface area contributed by atoms with Gasteiger partial charge in [-0.05, 0) is 6.42 Å². The molecule has 0 spiro atoms. The van der Waals surface area contributed by atoms with E-state index in [1.54, 1.807) is 0 Å². The van der Waals surface area contributed by atoms with Gasteiger partial charge in [-0.3, -0.25) is 4.79 Å². The van der Waals surface area contributed by atoms with Crippen molar-refractivity contribution in [2.45, 2.75) is 12.8 Å². The largest absolute Gasteiger partial charge is 0.503 e. The third kappa shape index (κ3) is 12.8. The minimum absolute atomic E-state index is 0. The van der Waals surface area contributed by atoms with Gasteiger partial charge in [0.15, 0.2) is 0 Å². The molecule has 0 aromatic heterocycles. The van der Waals surface area contributed by atoms with Crippen molar-refractivity contribution < 1.29 is 19.8 Å². The van der Waals surface area contributed by atoms with E-state index in [0.717, 1.165) is 19.4 Å². The summed E-state index contributed by atoms with van der Waals surface area (Å²) in [6.07, 6.45) is -0.0706. The Hall–Kier alpha value is -0.260. The molecule has 59 valence electrons. The molecule has 1 heterocycles. The molecule has 1 aliphatic heterocycles. The Labute approximate surface area is 86.1 Å². The molecular weight excluding hydrogens is 161 g/mol. The van der Waals surface area contributed by atoms with Gasteiger partial charge in [0.1, 0.15) is 0 Å². The molecule has 1 saturated heterocycles. The van der Waals surface area contributed by atoms with Gasteiger partial charge >= 0.3 is 6.16 Å². The first kappa shape index (κ1) is 13.3. The molecule has 11 heavy (non-hydrogen) atoms. The first-order valence-corrected chi connectivity index (χ1v) is 2.81.